The van der Waals surface area contributed by atoms with Crippen LogP contribution in [-0.4, -0.2) is 36.8 Å². The van der Waals surface area contributed by atoms with Crippen LogP contribution in [0.3, 0.4) is 0 Å². The summed E-state index contributed by atoms with van der Waals surface area (Å²) >= 11 is 12.2. The van der Waals surface area contributed by atoms with Gasteiger partial charge < -0.3 is 10.2 Å². The topological polar surface area (TPSA) is 121 Å². The van der Waals surface area contributed by atoms with Crippen LogP contribution < -0.4 is 5.43 Å². The molecule has 2 heterocycles. The van der Waals surface area contributed by atoms with E-state index in [2.05, 4.69) is 25.5 Å². The van der Waals surface area contributed by atoms with Gasteiger partial charge in [0.05, 0.1) is 11.0 Å². The van der Waals surface area contributed by atoms with Crippen molar-refractivity contribution in [1.82, 2.24) is 20.4 Å². The highest BCUT2D eigenvalue weighted by Gasteiger charge is 2.25. The Morgan fingerprint density at radius 1 is 1.00 bits per heavy atom. The molecule has 0 saturated carbocycles. The Balaban J connectivity index is 1.81. The molecule has 0 spiro atoms. The van der Waals surface area contributed by atoms with Gasteiger partial charge in [0.15, 0.2) is 5.69 Å². The van der Waals surface area contributed by atoms with Crippen LogP contribution in [0, 0.1) is 0 Å². The quantitative estimate of drug-likeness (QED) is 0.302. The predicted molar refractivity (Wildman–Crippen MR) is 121 cm³/mol. The molecule has 1 unspecified atom stereocenters. The summed E-state index contributed by atoms with van der Waals surface area (Å²) in [6.45, 7) is 0. The van der Waals surface area contributed by atoms with Crippen LogP contribution in [0.25, 0.3) is 11.0 Å². The number of aliphatic hydroxyl groups excluding tert-OH is 1. The minimum Gasteiger partial charge on any atom is -0.492 e. The van der Waals surface area contributed by atoms with Gasteiger partial charge in [-0.25, -0.2) is 15.4 Å². The van der Waals surface area contributed by atoms with Crippen LogP contribution in [0.2, 0.25) is 10.0 Å². The first-order valence-electron chi connectivity index (χ1n) is 9.31. The van der Waals surface area contributed by atoms with Crippen LogP contribution in [0.5, 0.6) is 5.88 Å². The van der Waals surface area contributed by atoms with E-state index in [0.29, 0.717) is 27.2 Å². The minimum atomic E-state index is -1.42. The van der Waals surface area contributed by atoms with Crippen molar-refractivity contribution in [3.63, 3.8) is 0 Å². The zero-order chi connectivity index (χ0) is 22.7. The molecule has 32 heavy (non-hydrogen) atoms. The van der Waals surface area contributed by atoms with Gasteiger partial charge in [-0.15, -0.1) is 0 Å². The highest BCUT2D eigenvalue weighted by atomic mass is 35.5. The van der Waals surface area contributed by atoms with Gasteiger partial charge >= 0.3 is 0 Å². The van der Waals surface area contributed by atoms with Crippen LogP contribution in [0.1, 0.15) is 27.7 Å². The lowest BCUT2D eigenvalue weighted by Gasteiger charge is -2.16. The first-order valence-corrected chi connectivity index (χ1v) is 10.1. The average Bonchev–Trinajstić information content (AvgIpc) is 2.80. The molecular formula is C22H15Cl2N5O3. The molecule has 0 saturated heterocycles. The van der Waals surface area contributed by atoms with Crippen LogP contribution in [-0.2, 0) is 0 Å². The molecule has 0 radical (unpaired) electrons. The molecule has 2 aromatic heterocycles. The number of hydrazone groups is 1. The molecular weight excluding hydrogens is 453 g/mol. The number of aromatic nitrogens is 3. The van der Waals surface area contributed by atoms with Gasteiger partial charge in [-0.1, -0.05) is 41.4 Å². The fourth-order valence-corrected chi connectivity index (χ4v) is 3.36. The predicted octanol–water partition coefficient (Wildman–Crippen LogP) is 3.90. The molecule has 160 valence electrons. The van der Waals surface area contributed by atoms with E-state index in [1.807, 2.05) is 0 Å². The van der Waals surface area contributed by atoms with Crippen molar-refractivity contribution >= 4 is 45.9 Å². The van der Waals surface area contributed by atoms with Gasteiger partial charge in [0, 0.05) is 33.6 Å². The van der Waals surface area contributed by atoms with Crippen molar-refractivity contribution in [3.8, 4) is 5.88 Å². The second-order valence-electron chi connectivity index (χ2n) is 6.63. The van der Waals surface area contributed by atoms with E-state index in [1.54, 1.807) is 42.5 Å². The summed E-state index contributed by atoms with van der Waals surface area (Å²) in [5.41, 5.74) is 3.47. The number of benzene rings is 2. The zero-order valence-corrected chi connectivity index (χ0v) is 17.8. The summed E-state index contributed by atoms with van der Waals surface area (Å²) in [4.78, 5) is 24.8. The van der Waals surface area contributed by atoms with Crippen molar-refractivity contribution in [2.45, 2.75) is 6.10 Å². The summed E-state index contributed by atoms with van der Waals surface area (Å²) in [7, 11) is 0. The SMILES string of the molecule is O=C(N/N=C(\c1nc2ccc(Cl)cc2nc1O)C(O)c1ccccc1Cl)c1ccncc1. The summed E-state index contributed by atoms with van der Waals surface area (Å²) in [5.74, 6) is -1.04. The van der Waals surface area contributed by atoms with Crippen molar-refractivity contribution in [2.24, 2.45) is 5.10 Å². The van der Waals surface area contributed by atoms with Crippen molar-refractivity contribution in [2.75, 3.05) is 0 Å². The van der Waals surface area contributed by atoms with Gasteiger partial charge in [-0.05, 0) is 36.4 Å². The van der Waals surface area contributed by atoms with E-state index in [9.17, 15) is 15.0 Å². The maximum absolute atomic E-state index is 12.5. The van der Waals surface area contributed by atoms with E-state index in [4.69, 9.17) is 23.2 Å². The van der Waals surface area contributed by atoms with E-state index in [-0.39, 0.29) is 16.4 Å². The first-order chi connectivity index (χ1) is 15.4. The highest BCUT2D eigenvalue weighted by Crippen LogP contribution is 2.29. The molecule has 2 aromatic carbocycles. The molecule has 10 heteroatoms. The van der Waals surface area contributed by atoms with Crippen molar-refractivity contribution in [1.29, 1.82) is 0 Å². The number of aromatic hydroxyl groups is 1. The van der Waals surface area contributed by atoms with E-state index >= 15 is 0 Å². The number of hydrogen-bond donors (Lipinski definition) is 3. The molecule has 3 N–H and O–H groups in total. The molecule has 4 rings (SSSR count). The Morgan fingerprint density at radius 3 is 2.50 bits per heavy atom. The molecule has 1 atom stereocenters. The first kappa shape index (κ1) is 21.6. The lowest BCUT2D eigenvalue weighted by atomic mass is 10.0. The number of nitrogens with one attached hydrogen (secondary N) is 1. The van der Waals surface area contributed by atoms with Crippen LogP contribution in [0.15, 0.2) is 72.1 Å². The van der Waals surface area contributed by atoms with Gasteiger partial charge in [0.1, 0.15) is 11.8 Å². The van der Waals surface area contributed by atoms with E-state index < -0.39 is 17.9 Å². The molecule has 0 aliphatic rings. The molecule has 4 aromatic rings. The summed E-state index contributed by atoms with van der Waals surface area (Å²) < 4.78 is 0. The maximum atomic E-state index is 12.5. The number of nitrogens with zero attached hydrogens (tertiary/aromatic N) is 4. The van der Waals surface area contributed by atoms with E-state index in [0.717, 1.165) is 0 Å². The molecule has 0 bridgehead atoms. The standard InChI is InChI=1S/C22H15Cl2N5O3/c23-13-5-6-16-17(11-13)27-22(32)19(26-16)18(20(30)14-3-1-2-4-15(14)24)28-29-21(31)12-7-9-25-10-8-12/h1-11,20,30H,(H,27,32)(H,29,31)/b28-18+. The smallest absolute Gasteiger partial charge is 0.271 e. The summed E-state index contributed by atoms with van der Waals surface area (Å²) in [6, 6.07) is 14.4. The highest BCUT2D eigenvalue weighted by molar-refractivity contribution is 6.32. The van der Waals surface area contributed by atoms with Crippen molar-refractivity contribution < 1.29 is 15.0 Å². The monoisotopic (exact) mass is 467 g/mol. The second-order valence-corrected chi connectivity index (χ2v) is 7.47. The third-order valence-corrected chi connectivity index (χ3v) is 5.11. The number of amides is 1. The Bertz CT molecular complexity index is 1330. The zero-order valence-electron chi connectivity index (χ0n) is 16.3. The summed E-state index contributed by atoms with van der Waals surface area (Å²) in [6.07, 6.45) is 1.50. The Morgan fingerprint density at radius 2 is 1.75 bits per heavy atom. The van der Waals surface area contributed by atoms with E-state index in [1.165, 1.54) is 24.5 Å². The number of carbonyl (C=O) groups excluding carboxylic acids is 1. The molecule has 0 fully saturated rings. The van der Waals surface area contributed by atoms with Gasteiger partial charge in [0.25, 0.3) is 5.91 Å². The fraction of sp³-hybridized carbons (Fsp3) is 0.0455. The fourth-order valence-electron chi connectivity index (χ4n) is 2.96. The minimum absolute atomic E-state index is 0.123. The van der Waals surface area contributed by atoms with Crippen molar-refractivity contribution in [3.05, 3.63) is 93.9 Å². The number of rotatable bonds is 5. The molecule has 8 nitrogen and oxygen atoms in total. The number of pyridine rings is 1. The maximum Gasteiger partial charge on any atom is 0.271 e. The third kappa shape index (κ3) is 4.52. The molecule has 0 aliphatic carbocycles. The number of fused-ring (bicyclic) bond motifs is 1. The Hall–Kier alpha value is -3.59. The van der Waals surface area contributed by atoms with Gasteiger partial charge in [0.2, 0.25) is 5.88 Å². The second kappa shape index (κ2) is 9.27. The Kier molecular flexibility index (Phi) is 6.27. The lowest BCUT2D eigenvalue weighted by Crippen LogP contribution is -2.24. The summed E-state index contributed by atoms with van der Waals surface area (Å²) in [5, 5.41) is 26.4. The number of halogens is 2. The van der Waals surface area contributed by atoms with Gasteiger partial charge in [-0.3, -0.25) is 9.78 Å². The number of carbonyl (C=O) groups is 1. The van der Waals surface area contributed by atoms with Crippen LogP contribution >= 0.6 is 23.2 Å². The third-order valence-electron chi connectivity index (χ3n) is 4.53. The number of hydrogen-bond acceptors (Lipinski definition) is 7. The average molecular weight is 468 g/mol. The normalized spacial score (nSPS) is 12.5. The lowest BCUT2D eigenvalue weighted by molar-refractivity contribution is 0.0954. The molecule has 0 aliphatic heterocycles. The van der Waals surface area contributed by atoms with Gasteiger partial charge in [-0.2, -0.15) is 5.10 Å². The largest absolute Gasteiger partial charge is 0.492 e. The number of aliphatic hydroxyl groups is 1. The van der Waals surface area contributed by atoms with Crippen LogP contribution in [0.4, 0.5) is 0 Å². The Labute approximate surface area is 192 Å². The molecule has 1 amide bonds.